The molecule has 0 spiro atoms. The van der Waals surface area contributed by atoms with Crippen LogP contribution in [0, 0.1) is 0 Å². The minimum Gasteiger partial charge on any atom is -0.486 e. The minimum absolute atomic E-state index is 0.104. The van der Waals surface area contributed by atoms with Gasteiger partial charge >= 0.3 is 0 Å². The van der Waals surface area contributed by atoms with E-state index in [1.807, 2.05) is 25.1 Å². The fraction of sp³-hybridized carbons (Fsp3) is 0.600. The first-order valence-electron chi connectivity index (χ1n) is 7.11. The Hall–Kier alpha value is -1.30. The van der Waals surface area contributed by atoms with Gasteiger partial charge in [-0.05, 0) is 31.0 Å². The topological polar surface area (TPSA) is 71.0 Å². The maximum Gasteiger partial charge on any atom is 0.161 e. The molecule has 1 aromatic rings. The van der Waals surface area contributed by atoms with Gasteiger partial charge in [-0.25, -0.2) is 0 Å². The molecule has 0 radical (unpaired) electrons. The maximum absolute atomic E-state index is 10.5. The highest BCUT2D eigenvalue weighted by Crippen LogP contribution is 2.33. The quantitative estimate of drug-likeness (QED) is 0.732. The molecular weight excluding hydrogens is 258 g/mol. The summed E-state index contributed by atoms with van der Waals surface area (Å²) in [6.45, 7) is 5.27. The first-order valence-corrected chi connectivity index (χ1v) is 7.11. The summed E-state index contributed by atoms with van der Waals surface area (Å²) >= 11 is 0. The Kier molecular flexibility index (Phi) is 5.23. The second kappa shape index (κ2) is 6.92. The third-order valence-corrected chi connectivity index (χ3v) is 3.40. The van der Waals surface area contributed by atoms with Crippen molar-refractivity contribution >= 4 is 0 Å². The summed E-state index contributed by atoms with van der Waals surface area (Å²) in [5.41, 5.74) is 0.791. The van der Waals surface area contributed by atoms with Gasteiger partial charge in [-0.1, -0.05) is 13.0 Å². The number of hydrogen-bond acceptors (Lipinski definition) is 5. The lowest BCUT2D eigenvalue weighted by molar-refractivity contribution is 0.111. The molecule has 0 aliphatic carbocycles. The molecule has 3 atom stereocenters. The number of benzene rings is 1. The molecule has 0 saturated carbocycles. The van der Waals surface area contributed by atoms with Crippen LogP contribution in [0.3, 0.4) is 0 Å². The van der Waals surface area contributed by atoms with Crippen molar-refractivity contribution in [2.24, 2.45) is 0 Å². The molecule has 1 aromatic carbocycles. The molecule has 2 rings (SSSR count). The van der Waals surface area contributed by atoms with Gasteiger partial charge in [0, 0.05) is 12.6 Å². The van der Waals surface area contributed by atoms with E-state index < -0.39 is 12.2 Å². The second-order valence-electron chi connectivity index (χ2n) is 5.12. The molecule has 1 aliphatic rings. The van der Waals surface area contributed by atoms with Crippen molar-refractivity contribution in [3.63, 3.8) is 0 Å². The summed E-state index contributed by atoms with van der Waals surface area (Å²) in [6.07, 6.45) is -0.311. The molecule has 0 bridgehead atoms. The van der Waals surface area contributed by atoms with Gasteiger partial charge in [0.25, 0.3) is 0 Å². The number of rotatable bonds is 6. The highest BCUT2D eigenvalue weighted by molar-refractivity contribution is 5.44. The van der Waals surface area contributed by atoms with Crippen LogP contribution in [0.5, 0.6) is 11.5 Å². The average molecular weight is 281 g/mol. The van der Waals surface area contributed by atoms with Crippen molar-refractivity contribution in [2.75, 3.05) is 19.8 Å². The van der Waals surface area contributed by atoms with Crippen LogP contribution >= 0.6 is 0 Å². The van der Waals surface area contributed by atoms with Crippen molar-refractivity contribution in [1.29, 1.82) is 0 Å². The van der Waals surface area contributed by atoms with Crippen LogP contribution in [0.15, 0.2) is 18.2 Å². The Morgan fingerprint density at radius 2 is 1.90 bits per heavy atom. The van der Waals surface area contributed by atoms with E-state index in [-0.39, 0.29) is 6.04 Å². The largest absolute Gasteiger partial charge is 0.486 e. The van der Waals surface area contributed by atoms with Crippen LogP contribution in [0.2, 0.25) is 0 Å². The zero-order valence-corrected chi connectivity index (χ0v) is 12.0. The van der Waals surface area contributed by atoms with Crippen molar-refractivity contribution < 1.29 is 19.7 Å². The fourth-order valence-corrected chi connectivity index (χ4v) is 2.28. The Balaban J connectivity index is 2.08. The smallest absolute Gasteiger partial charge is 0.161 e. The zero-order valence-electron chi connectivity index (χ0n) is 12.0. The molecule has 0 amide bonds. The standard InChI is InChI=1S/C15H23NO4/c1-3-12(16-9-10(2)17)15(18)11-4-5-13-14(8-11)20-7-6-19-13/h4-5,8,10,12,15-18H,3,6-7,9H2,1-2H3. The summed E-state index contributed by atoms with van der Waals surface area (Å²) in [7, 11) is 0. The monoisotopic (exact) mass is 281 g/mol. The molecule has 0 saturated heterocycles. The van der Waals surface area contributed by atoms with E-state index in [2.05, 4.69) is 5.32 Å². The predicted octanol–water partition coefficient (Wildman–Crippen LogP) is 1.24. The summed E-state index contributed by atoms with van der Waals surface area (Å²) < 4.78 is 11.0. The summed E-state index contributed by atoms with van der Waals surface area (Å²) in [5, 5.41) is 23.0. The van der Waals surface area contributed by atoms with E-state index in [0.717, 1.165) is 17.7 Å². The van der Waals surface area contributed by atoms with Gasteiger partial charge in [0.2, 0.25) is 0 Å². The Morgan fingerprint density at radius 1 is 1.20 bits per heavy atom. The SMILES string of the molecule is CCC(NCC(C)O)C(O)c1ccc2c(c1)OCCO2. The number of aliphatic hydroxyl groups excluding tert-OH is 2. The molecule has 5 heteroatoms. The van der Waals surface area contributed by atoms with Crippen LogP contribution in [-0.2, 0) is 0 Å². The second-order valence-corrected chi connectivity index (χ2v) is 5.12. The molecule has 20 heavy (non-hydrogen) atoms. The molecule has 3 unspecified atom stereocenters. The van der Waals surface area contributed by atoms with Gasteiger partial charge in [0.15, 0.2) is 11.5 Å². The van der Waals surface area contributed by atoms with Crippen LogP contribution in [0.25, 0.3) is 0 Å². The summed E-state index contributed by atoms with van der Waals surface area (Å²) in [5.74, 6) is 1.40. The Labute approximate surface area is 119 Å². The van der Waals surface area contributed by atoms with E-state index in [9.17, 15) is 10.2 Å². The number of hydrogen-bond donors (Lipinski definition) is 3. The number of aliphatic hydroxyl groups is 2. The van der Waals surface area contributed by atoms with Crippen LogP contribution in [0.4, 0.5) is 0 Å². The zero-order chi connectivity index (χ0) is 14.5. The van der Waals surface area contributed by atoms with Crippen molar-refractivity contribution in [3.05, 3.63) is 23.8 Å². The van der Waals surface area contributed by atoms with Crippen molar-refractivity contribution in [2.45, 2.75) is 38.5 Å². The summed E-state index contributed by atoms with van der Waals surface area (Å²) in [4.78, 5) is 0. The van der Waals surface area contributed by atoms with Crippen molar-refractivity contribution in [1.82, 2.24) is 5.32 Å². The van der Waals surface area contributed by atoms with E-state index >= 15 is 0 Å². The lowest BCUT2D eigenvalue weighted by Gasteiger charge is -2.25. The first-order chi connectivity index (χ1) is 9.61. The van der Waals surface area contributed by atoms with Crippen LogP contribution < -0.4 is 14.8 Å². The van der Waals surface area contributed by atoms with Gasteiger partial charge in [0.1, 0.15) is 13.2 Å². The average Bonchev–Trinajstić information content (AvgIpc) is 2.47. The molecule has 1 aliphatic heterocycles. The molecule has 5 nitrogen and oxygen atoms in total. The highest BCUT2D eigenvalue weighted by Gasteiger charge is 2.21. The number of ether oxygens (including phenoxy) is 2. The third kappa shape index (κ3) is 3.62. The highest BCUT2D eigenvalue weighted by atomic mass is 16.6. The minimum atomic E-state index is -0.644. The van der Waals surface area contributed by atoms with E-state index in [1.54, 1.807) is 6.92 Å². The predicted molar refractivity (Wildman–Crippen MR) is 76.2 cm³/mol. The van der Waals surface area contributed by atoms with Gasteiger partial charge in [0.05, 0.1) is 12.2 Å². The Morgan fingerprint density at radius 3 is 2.55 bits per heavy atom. The molecule has 0 fully saturated rings. The van der Waals surface area contributed by atoms with Gasteiger partial charge in [-0.2, -0.15) is 0 Å². The number of nitrogens with one attached hydrogen (secondary N) is 1. The number of fused-ring (bicyclic) bond motifs is 1. The van der Waals surface area contributed by atoms with Crippen LogP contribution in [-0.4, -0.2) is 42.1 Å². The first kappa shape index (κ1) is 15.1. The Bertz CT molecular complexity index is 436. The molecule has 1 heterocycles. The van der Waals surface area contributed by atoms with Gasteiger partial charge in [-0.15, -0.1) is 0 Å². The maximum atomic E-state index is 10.5. The normalized spacial score (nSPS) is 18.4. The lowest BCUT2D eigenvalue weighted by atomic mass is 9.99. The van der Waals surface area contributed by atoms with E-state index in [0.29, 0.717) is 25.5 Å². The molecular formula is C15H23NO4. The van der Waals surface area contributed by atoms with E-state index in [4.69, 9.17) is 9.47 Å². The molecule has 3 N–H and O–H groups in total. The van der Waals surface area contributed by atoms with Crippen LogP contribution in [0.1, 0.15) is 31.9 Å². The van der Waals surface area contributed by atoms with E-state index in [1.165, 1.54) is 0 Å². The van der Waals surface area contributed by atoms with Gasteiger partial charge in [-0.3, -0.25) is 0 Å². The lowest BCUT2D eigenvalue weighted by Crippen LogP contribution is -2.38. The molecule has 112 valence electrons. The molecule has 0 aromatic heterocycles. The fourth-order valence-electron chi connectivity index (χ4n) is 2.28. The van der Waals surface area contributed by atoms with Gasteiger partial charge < -0.3 is 25.0 Å². The summed E-state index contributed by atoms with van der Waals surface area (Å²) in [6, 6.07) is 5.40. The van der Waals surface area contributed by atoms with Crippen molar-refractivity contribution in [3.8, 4) is 11.5 Å². The third-order valence-electron chi connectivity index (χ3n) is 3.40.